The molecule has 0 saturated heterocycles. The molecule has 1 fully saturated rings. The molecule has 0 bridgehead atoms. The van der Waals surface area contributed by atoms with Gasteiger partial charge in [-0.15, -0.1) is 12.4 Å². The average Bonchev–Trinajstić information content (AvgIpc) is 2.89. The Hall–Kier alpha value is -0.310. The summed E-state index contributed by atoms with van der Waals surface area (Å²) in [5, 5.41) is 0.530. The van der Waals surface area contributed by atoms with Crippen LogP contribution in [0.3, 0.4) is 0 Å². The first kappa shape index (κ1) is 11.8. The molecule has 0 unspecified atom stereocenters. The first-order valence-corrected chi connectivity index (χ1v) is 5.00. The minimum atomic E-state index is 0. The number of hydrogen-bond acceptors (Lipinski definition) is 2. The summed E-state index contributed by atoms with van der Waals surface area (Å²) in [5.41, 5.74) is 7.10. The topological polar surface area (TPSA) is 38.9 Å². The maximum absolute atomic E-state index is 6.00. The maximum atomic E-state index is 6.00. The third kappa shape index (κ3) is 3.12. The summed E-state index contributed by atoms with van der Waals surface area (Å²) < 4.78 is 0. The van der Waals surface area contributed by atoms with Crippen molar-refractivity contribution in [3.8, 4) is 0 Å². The largest absolute Gasteiger partial charge is 0.324 e. The van der Waals surface area contributed by atoms with E-state index in [0.29, 0.717) is 5.15 Å². The van der Waals surface area contributed by atoms with E-state index in [0.717, 1.165) is 17.9 Å². The van der Waals surface area contributed by atoms with Crippen LogP contribution in [0.5, 0.6) is 0 Å². The third-order valence-electron chi connectivity index (χ3n) is 2.46. The van der Waals surface area contributed by atoms with Crippen LogP contribution in [0.1, 0.15) is 30.9 Å². The van der Waals surface area contributed by atoms with Crippen molar-refractivity contribution in [2.24, 2.45) is 11.7 Å². The van der Waals surface area contributed by atoms with E-state index < -0.39 is 0 Å². The Morgan fingerprint density at radius 1 is 1.50 bits per heavy atom. The van der Waals surface area contributed by atoms with E-state index in [-0.39, 0.29) is 18.4 Å². The van der Waals surface area contributed by atoms with Crippen molar-refractivity contribution in [1.82, 2.24) is 4.98 Å². The van der Waals surface area contributed by atoms with Gasteiger partial charge >= 0.3 is 0 Å². The van der Waals surface area contributed by atoms with Gasteiger partial charge in [-0.1, -0.05) is 30.5 Å². The van der Waals surface area contributed by atoms with Crippen LogP contribution in [0.2, 0.25) is 5.15 Å². The highest BCUT2D eigenvalue weighted by Crippen LogP contribution is 2.36. The van der Waals surface area contributed by atoms with Crippen molar-refractivity contribution in [2.75, 3.05) is 0 Å². The molecule has 0 aromatic carbocycles. The normalized spacial score (nSPS) is 17.3. The Morgan fingerprint density at radius 3 is 2.71 bits per heavy atom. The lowest BCUT2D eigenvalue weighted by Crippen LogP contribution is -2.11. The van der Waals surface area contributed by atoms with Gasteiger partial charge in [-0.2, -0.15) is 0 Å². The van der Waals surface area contributed by atoms with Crippen molar-refractivity contribution in [1.29, 1.82) is 0 Å². The summed E-state index contributed by atoms with van der Waals surface area (Å²) in [4.78, 5) is 4.01. The van der Waals surface area contributed by atoms with Gasteiger partial charge in [0.2, 0.25) is 0 Å². The van der Waals surface area contributed by atoms with Crippen LogP contribution in [-0.2, 0) is 0 Å². The van der Waals surface area contributed by atoms with Crippen LogP contribution in [-0.4, -0.2) is 4.98 Å². The lowest BCUT2D eigenvalue weighted by Gasteiger charge is -2.10. The van der Waals surface area contributed by atoms with E-state index in [1.165, 1.54) is 12.8 Å². The molecular formula is C10H14Cl2N2. The Labute approximate surface area is 95.3 Å². The molecule has 14 heavy (non-hydrogen) atoms. The summed E-state index contributed by atoms with van der Waals surface area (Å²) in [5.74, 6) is 0.852. The Bertz CT molecular complexity index is 283. The third-order valence-corrected chi connectivity index (χ3v) is 2.69. The summed E-state index contributed by atoms with van der Waals surface area (Å²) in [6.45, 7) is 0. The van der Waals surface area contributed by atoms with E-state index in [2.05, 4.69) is 4.98 Å². The van der Waals surface area contributed by atoms with E-state index in [1.807, 2.05) is 6.07 Å². The van der Waals surface area contributed by atoms with Gasteiger partial charge in [-0.25, -0.2) is 4.98 Å². The number of aromatic nitrogens is 1. The molecule has 1 saturated carbocycles. The van der Waals surface area contributed by atoms with Crippen molar-refractivity contribution in [3.05, 3.63) is 29.0 Å². The molecule has 1 aliphatic carbocycles. The van der Waals surface area contributed by atoms with E-state index in [9.17, 15) is 0 Å². The van der Waals surface area contributed by atoms with E-state index in [1.54, 1.807) is 12.3 Å². The lowest BCUT2D eigenvalue weighted by molar-refractivity contribution is 0.595. The molecule has 78 valence electrons. The molecule has 1 aromatic rings. The lowest BCUT2D eigenvalue weighted by atomic mass is 10.0. The van der Waals surface area contributed by atoms with Crippen molar-refractivity contribution in [2.45, 2.75) is 25.3 Å². The molecule has 0 aliphatic heterocycles. The van der Waals surface area contributed by atoms with E-state index >= 15 is 0 Å². The first-order chi connectivity index (χ1) is 6.25. The summed E-state index contributed by atoms with van der Waals surface area (Å²) in [6, 6.07) is 3.89. The molecule has 1 aromatic heterocycles. The van der Waals surface area contributed by atoms with E-state index in [4.69, 9.17) is 17.3 Å². The molecule has 1 heterocycles. The predicted molar refractivity (Wildman–Crippen MR) is 60.8 cm³/mol. The Kier molecular flexibility index (Phi) is 4.17. The fourth-order valence-electron chi connectivity index (χ4n) is 1.46. The molecule has 1 aliphatic rings. The smallest absolute Gasteiger partial charge is 0.129 e. The summed E-state index contributed by atoms with van der Waals surface area (Å²) in [6.07, 6.45) is 5.54. The van der Waals surface area contributed by atoms with Gasteiger partial charge in [0.25, 0.3) is 0 Å². The molecule has 2 nitrogen and oxygen atoms in total. The van der Waals surface area contributed by atoms with Crippen LogP contribution >= 0.6 is 24.0 Å². The number of hydrogen-bond donors (Lipinski definition) is 1. The van der Waals surface area contributed by atoms with Crippen LogP contribution in [0.15, 0.2) is 18.3 Å². The molecular weight excluding hydrogens is 219 g/mol. The number of pyridine rings is 1. The van der Waals surface area contributed by atoms with Gasteiger partial charge in [0.05, 0.1) is 0 Å². The zero-order valence-corrected chi connectivity index (χ0v) is 9.39. The van der Waals surface area contributed by atoms with Crippen LogP contribution < -0.4 is 5.73 Å². The van der Waals surface area contributed by atoms with Gasteiger partial charge in [-0.05, 0) is 24.0 Å². The second kappa shape index (κ2) is 4.96. The van der Waals surface area contributed by atoms with Crippen LogP contribution in [0.25, 0.3) is 0 Å². The minimum Gasteiger partial charge on any atom is -0.324 e. The highest BCUT2D eigenvalue weighted by Gasteiger charge is 2.24. The first-order valence-electron chi connectivity index (χ1n) is 4.63. The molecule has 0 radical (unpaired) electrons. The number of nitrogens with two attached hydrogens (primary N) is 1. The SMILES string of the molecule is Cl.N[C@@H](CC1CC1)c1ccc(Cl)nc1. The zero-order chi connectivity index (χ0) is 9.26. The maximum Gasteiger partial charge on any atom is 0.129 e. The molecule has 2 rings (SSSR count). The molecule has 4 heteroatoms. The Balaban J connectivity index is 0.000000980. The minimum absolute atomic E-state index is 0. The van der Waals surface area contributed by atoms with Crippen LogP contribution in [0, 0.1) is 5.92 Å². The molecule has 0 spiro atoms. The van der Waals surface area contributed by atoms with Crippen molar-refractivity contribution >= 4 is 24.0 Å². The van der Waals surface area contributed by atoms with Gasteiger partial charge in [0.15, 0.2) is 0 Å². The highest BCUT2D eigenvalue weighted by atomic mass is 35.5. The fourth-order valence-corrected chi connectivity index (χ4v) is 1.57. The van der Waals surface area contributed by atoms with Gasteiger partial charge in [0.1, 0.15) is 5.15 Å². The second-order valence-electron chi connectivity index (χ2n) is 3.70. The molecule has 1 atom stereocenters. The second-order valence-corrected chi connectivity index (χ2v) is 4.09. The van der Waals surface area contributed by atoms with Crippen molar-refractivity contribution in [3.63, 3.8) is 0 Å². The number of halogens is 2. The zero-order valence-electron chi connectivity index (χ0n) is 7.82. The van der Waals surface area contributed by atoms with Gasteiger partial charge in [0, 0.05) is 12.2 Å². The Morgan fingerprint density at radius 2 is 2.21 bits per heavy atom. The average molecular weight is 233 g/mol. The predicted octanol–water partition coefficient (Wildman–Crippen LogP) is 2.96. The number of nitrogens with zero attached hydrogens (tertiary/aromatic N) is 1. The van der Waals surface area contributed by atoms with Crippen LogP contribution in [0.4, 0.5) is 0 Å². The fraction of sp³-hybridized carbons (Fsp3) is 0.500. The van der Waals surface area contributed by atoms with Gasteiger partial charge < -0.3 is 5.73 Å². The monoisotopic (exact) mass is 232 g/mol. The number of rotatable bonds is 3. The standard InChI is InChI=1S/C10H13ClN2.ClH/c11-10-4-3-8(6-13-10)9(12)5-7-1-2-7;/h3-4,6-7,9H,1-2,5,12H2;1H/t9-;/m0./s1. The molecule has 0 amide bonds. The highest BCUT2D eigenvalue weighted by molar-refractivity contribution is 6.29. The van der Waals surface area contributed by atoms with Crippen molar-refractivity contribution < 1.29 is 0 Å². The summed E-state index contributed by atoms with van der Waals surface area (Å²) in [7, 11) is 0. The summed E-state index contributed by atoms with van der Waals surface area (Å²) >= 11 is 5.68. The molecule has 2 N–H and O–H groups in total. The quantitative estimate of drug-likeness (QED) is 0.815. The van der Waals surface area contributed by atoms with Gasteiger partial charge in [-0.3, -0.25) is 0 Å².